The molecule has 21 heavy (non-hydrogen) atoms. The highest BCUT2D eigenvalue weighted by atomic mass is 16.2. The topological polar surface area (TPSA) is 49.4 Å². The van der Waals surface area contributed by atoms with E-state index in [1.165, 1.54) is 4.90 Å². The lowest BCUT2D eigenvalue weighted by Crippen LogP contribution is -2.36. The van der Waals surface area contributed by atoms with Crippen LogP contribution in [-0.4, -0.2) is 23.8 Å². The average Bonchev–Trinajstić information content (AvgIpc) is 2.49. The quantitative estimate of drug-likeness (QED) is 0.880. The van der Waals surface area contributed by atoms with Crippen LogP contribution >= 0.6 is 0 Å². The van der Waals surface area contributed by atoms with Gasteiger partial charge < -0.3 is 10.2 Å². The van der Waals surface area contributed by atoms with Crippen molar-refractivity contribution in [2.45, 2.75) is 13.5 Å². The third-order valence-corrected chi connectivity index (χ3v) is 3.11. The molecule has 0 saturated heterocycles. The summed E-state index contributed by atoms with van der Waals surface area (Å²) in [6, 6.07) is 16.9. The third-order valence-electron chi connectivity index (χ3n) is 3.11. The highest BCUT2D eigenvalue weighted by Gasteiger charge is 2.18. The van der Waals surface area contributed by atoms with E-state index in [1.807, 2.05) is 49.4 Å². The van der Waals surface area contributed by atoms with Crippen molar-refractivity contribution in [2.75, 3.05) is 12.4 Å². The van der Waals surface area contributed by atoms with Crippen LogP contribution in [0.4, 0.5) is 5.69 Å². The molecular formula is C17H18N2O2. The lowest BCUT2D eigenvalue weighted by atomic mass is 10.2. The Kier molecular flexibility index (Phi) is 4.72. The van der Waals surface area contributed by atoms with Crippen molar-refractivity contribution in [3.8, 4) is 0 Å². The Morgan fingerprint density at radius 3 is 2.24 bits per heavy atom. The molecule has 0 spiro atoms. The molecule has 108 valence electrons. The molecule has 0 bridgehead atoms. The smallest absolute Gasteiger partial charge is 0.313 e. The van der Waals surface area contributed by atoms with Crippen molar-refractivity contribution in [3.05, 3.63) is 65.7 Å². The summed E-state index contributed by atoms with van der Waals surface area (Å²) in [7, 11) is 1.62. The van der Waals surface area contributed by atoms with Gasteiger partial charge in [-0.1, -0.05) is 48.0 Å². The molecule has 0 atom stereocenters. The Balaban J connectivity index is 1.95. The second-order valence-electron chi connectivity index (χ2n) is 4.97. The van der Waals surface area contributed by atoms with Crippen molar-refractivity contribution in [3.63, 3.8) is 0 Å². The normalized spacial score (nSPS) is 10.0. The largest absolute Gasteiger partial charge is 0.333 e. The van der Waals surface area contributed by atoms with Gasteiger partial charge in [0.1, 0.15) is 0 Å². The second-order valence-corrected chi connectivity index (χ2v) is 4.97. The minimum Gasteiger partial charge on any atom is -0.333 e. The van der Waals surface area contributed by atoms with E-state index in [0.29, 0.717) is 12.2 Å². The Morgan fingerprint density at radius 1 is 1.00 bits per heavy atom. The monoisotopic (exact) mass is 282 g/mol. The summed E-state index contributed by atoms with van der Waals surface area (Å²) >= 11 is 0. The molecule has 1 N–H and O–H groups in total. The summed E-state index contributed by atoms with van der Waals surface area (Å²) in [6.45, 7) is 2.37. The molecule has 0 aliphatic heterocycles. The predicted octanol–water partition coefficient (Wildman–Crippen LogP) is 2.59. The third kappa shape index (κ3) is 4.18. The maximum Gasteiger partial charge on any atom is 0.313 e. The first-order valence-corrected chi connectivity index (χ1v) is 6.73. The molecule has 0 unspecified atom stereocenters. The molecule has 2 aromatic carbocycles. The molecule has 0 aromatic heterocycles. The number of benzene rings is 2. The average molecular weight is 282 g/mol. The van der Waals surface area contributed by atoms with Gasteiger partial charge in [-0.15, -0.1) is 0 Å². The van der Waals surface area contributed by atoms with E-state index in [-0.39, 0.29) is 0 Å². The van der Waals surface area contributed by atoms with E-state index in [1.54, 1.807) is 19.2 Å². The lowest BCUT2D eigenvalue weighted by molar-refractivity contribution is -0.142. The minimum atomic E-state index is -0.628. The first-order valence-electron chi connectivity index (χ1n) is 6.73. The lowest BCUT2D eigenvalue weighted by Gasteiger charge is -2.16. The van der Waals surface area contributed by atoms with Crippen LogP contribution in [-0.2, 0) is 16.1 Å². The van der Waals surface area contributed by atoms with E-state index < -0.39 is 11.8 Å². The van der Waals surface area contributed by atoms with Gasteiger partial charge in [-0.25, -0.2) is 0 Å². The fourth-order valence-electron chi connectivity index (χ4n) is 1.92. The van der Waals surface area contributed by atoms with Gasteiger partial charge >= 0.3 is 11.8 Å². The number of anilines is 1. The van der Waals surface area contributed by atoms with Crippen molar-refractivity contribution in [1.82, 2.24) is 4.90 Å². The molecular weight excluding hydrogens is 264 g/mol. The van der Waals surface area contributed by atoms with Gasteiger partial charge in [0.05, 0.1) is 0 Å². The highest BCUT2D eigenvalue weighted by Crippen LogP contribution is 2.09. The first-order chi connectivity index (χ1) is 10.1. The summed E-state index contributed by atoms with van der Waals surface area (Å²) in [6.07, 6.45) is 0. The van der Waals surface area contributed by atoms with Crippen LogP contribution in [0.15, 0.2) is 54.6 Å². The number of aryl methyl sites for hydroxylation is 1. The van der Waals surface area contributed by atoms with Crippen LogP contribution in [0.2, 0.25) is 0 Å². The number of hydrogen-bond donors (Lipinski definition) is 1. The summed E-state index contributed by atoms with van der Waals surface area (Å²) in [5.74, 6) is -1.18. The van der Waals surface area contributed by atoms with E-state index in [4.69, 9.17) is 0 Å². The maximum absolute atomic E-state index is 12.0. The summed E-state index contributed by atoms with van der Waals surface area (Å²) in [5, 5.41) is 2.61. The number of nitrogens with zero attached hydrogens (tertiary/aromatic N) is 1. The Hall–Kier alpha value is -2.62. The molecule has 4 heteroatoms. The molecule has 0 heterocycles. The predicted molar refractivity (Wildman–Crippen MR) is 82.7 cm³/mol. The summed E-state index contributed by atoms with van der Waals surface area (Å²) in [4.78, 5) is 25.4. The van der Waals surface area contributed by atoms with Gasteiger partial charge in [0, 0.05) is 19.3 Å². The number of likely N-dealkylation sites (N-methyl/N-ethyl adjacent to an activating group) is 1. The summed E-state index contributed by atoms with van der Waals surface area (Å²) < 4.78 is 0. The first kappa shape index (κ1) is 14.8. The number of hydrogen-bond acceptors (Lipinski definition) is 2. The molecule has 0 saturated carbocycles. The van der Waals surface area contributed by atoms with Crippen LogP contribution in [0.1, 0.15) is 11.1 Å². The molecule has 2 amide bonds. The second kappa shape index (κ2) is 6.70. The Labute approximate surface area is 124 Å². The van der Waals surface area contributed by atoms with Crippen LogP contribution < -0.4 is 5.32 Å². The molecule has 0 aliphatic rings. The van der Waals surface area contributed by atoms with Crippen LogP contribution in [0.3, 0.4) is 0 Å². The zero-order chi connectivity index (χ0) is 15.2. The zero-order valence-corrected chi connectivity index (χ0v) is 12.2. The number of carbonyl (C=O) groups excluding carboxylic acids is 2. The van der Waals surface area contributed by atoms with Crippen LogP contribution in [0.5, 0.6) is 0 Å². The van der Waals surface area contributed by atoms with Crippen molar-refractivity contribution >= 4 is 17.5 Å². The van der Waals surface area contributed by atoms with Crippen molar-refractivity contribution in [1.29, 1.82) is 0 Å². The highest BCUT2D eigenvalue weighted by molar-refractivity contribution is 6.39. The molecule has 0 aliphatic carbocycles. The van der Waals surface area contributed by atoms with E-state index in [9.17, 15) is 9.59 Å². The minimum absolute atomic E-state index is 0.404. The number of nitrogens with one attached hydrogen (secondary N) is 1. The van der Waals surface area contributed by atoms with Gasteiger partial charge in [-0.05, 0) is 24.6 Å². The Bertz CT molecular complexity index is 621. The van der Waals surface area contributed by atoms with E-state index >= 15 is 0 Å². The maximum atomic E-state index is 12.0. The molecule has 2 rings (SSSR count). The van der Waals surface area contributed by atoms with Crippen molar-refractivity contribution < 1.29 is 9.59 Å². The van der Waals surface area contributed by atoms with Gasteiger partial charge in [0.25, 0.3) is 0 Å². The number of amides is 2. The molecule has 0 radical (unpaired) electrons. The summed E-state index contributed by atoms with van der Waals surface area (Å²) in [5.41, 5.74) is 2.70. The Morgan fingerprint density at radius 2 is 1.62 bits per heavy atom. The number of carbonyl (C=O) groups is 2. The zero-order valence-electron chi connectivity index (χ0n) is 12.2. The molecule has 0 fully saturated rings. The van der Waals surface area contributed by atoms with Gasteiger partial charge in [0.2, 0.25) is 0 Å². The number of rotatable bonds is 3. The van der Waals surface area contributed by atoms with E-state index in [2.05, 4.69) is 5.32 Å². The molecule has 2 aromatic rings. The SMILES string of the molecule is Cc1ccc(NC(=O)C(=O)N(C)Cc2ccccc2)cc1. The van der Waals surface area contributed by atoms with Crippen molar-refractivity contribution in [2.24, 2.45) is 0 Å². The van der Waals surface area contributed by atoms with Crippen LogP contribution in [0.25, 0.3) is 0 Å². The van der Waals surface area contributed by atoms with E-state index in [0.717, 1.165) is 11.1 Å². The van der Waals surface area contributed by atoms with Gasteiger partial charge in [-0.3, -0.25) is 9.59 Å². The van der Waals surface area contributed by atoms with Gasteiger partial charge in [0.15, 0.2) is 0 Å². The molecule has 4 nitrogen and oxygen atoms in total. The standard InChI is InChI=1S/C17H18N2O2/c1-13-8-10-15(11-9-13)18-16(20)17(21)19(2)12-14-6-4-3-5-7-14/h3-11H,12H2,1-2H3,(H,18,20). The fourth-order valence-corrected chi connectivity index (χ4v) is 1.92. The van der Waals surface area contributed by atoms with Crippen LogP contribution in [0, 0.1) is 6.92 Å². The van der Waals surface area contributed by atoms with Gasteiger partial charge in [-0.2, -0.15) is 0 Å². The fraction of sp³-hybridized carbons (Fsp3) is 0.176.